The van der Waals surface area contributed by atoms with Crippen molar-refractivity contribution in [2.75, 3.05) is 13.1 Å². The molecule has 0 spiro atoms. The fourth-order valence-corrected chi connectivity index (χ4v) is 1.12. The molecule has 0 aliphatic rings. The molecule has 72 valence electrons. The van der Waals surface area contributed by atoms with Gasteiger partial charge in [0.05, 0.1) is 0 Å². The van der Waals surface area contributed by atoms with Crippen molar-refractivity contribution in [1.29, 1.82) is 0 Å². The lowest BCUT2D eigenvalue weighted by atomic mass is 10.3. The Bertz CT molecular complexity index is 207. The van der Waals surface area contributed by atoms with Crippen molar-refractivity contribution in [2.45, 2.75) is 13.8 Å². The highest BCUT2D eigenvalue weighted by molar-refractivity contribution is 5.22. The van der Waals surface area contributed by atoms with Gasteiger partial charge in [0.25, 0.3) is 0 Å². The van der Waals surface area contributed by atoms with Crippen molar-refractivity contribution >= 4 is 0 Å². The zero-order chi connectivity index (χ0) is 10.1. The van der Waals surface area contributed by atoms with Gasteiger partial charge in [-0.25, -0.2) is 0 Å². The molecule has 1 nitrogen and oxygen atoms in total. The van der Waals surface area contributed by atoms with Crippen molar-refractivity contribution in [3.8, 4) is 0 Å². The number of hydrogen-bond acceptors (Lipinski definition) is 1. The SMILES string of the molecule is C=C/C=C\C=C(/C=C)N(CC)CC. The number of hydrogen-bond donors (Lipinski definition) is 0. The van der Waals surface area contributed by atoms with Gasteiger partial charge in [-0.1, -0.05) is 31.4 Å². The van der Waals surface area contributed by atoms with Crippen LogP contribution >= 0.6 is 0 Å². The summed E-state index contributed by atoms with van der Waals surface area (Å²) in [4.78, 5) is 2.25. The molecule has 0 atom stereocenters. The molecule has 0 saturated heterocycles. The molecule has 13 heavy (non-hydrogen) atoms. The second-order valence-corrected chi connectivity index (χ2v) is 2.59. The van der Waals surface area contributed by atoms with Gasteiger partial charge in [-0.3, -0.25) is 0 Å². The number of nitrogens with zero attached hydrogens (tertiary/aromatic N) is 1. The van der Waals surface area contributed by atoms with Crippen molar-refractivity contribution < 1.29 is 0 Å². The molecular formula is C12H19N. The summed E-state index contributed by atoms with van der Waals surface area (Å²) in [6.45, 7) is 13.7. The van der Waals surface area contributed by atoms with Gasteiger partial charge in [-0.2, -0.15) is 0 Å². The first kappa shape index (κ1) is 11.8. The first-order valence-electron chi connectivity index (χ1n) is 4.66. The third kappa shape index (κ3) is 4.36. The van der Waals surface area contributed by atoms with Gasteiger partial charge in [0.2, 0.25) is 0 Å². The Labute approximate surface area is 81.8 Å². The molecule has 0 aromatic rings. The van der Waals surface area contributed by atoms with Gasteiger partial charge in [0.1, 0.15) is 0 Å². The van der Waals surface area contributed by atoms with Crippen molar-refractivity contribution in [1.82, 2.24) is 4.90 Å². The predicted molar refractivity (Wildman–Crippen MR) is 60.5 cm³/mol. The van der Waals surface area contributed by atoms with E-state index in [0.717, 1.165) is 18.8 Å². The Kier molecular flexibility index (Phi) is 6.70. The average Bonchev–Trinajstić information content (AvgIpc) is 2.17. The van der Waals surface area contributed by atoms with E-state index in [1.54, 1.807) is 6.08 Å². The largest absolute Gasteiger partial charge is 0.372 e. The summed E-state index contributed by atoms with van der Waals surface area (Å²) in [6.07, 6.45) is 9.57. The van der Waals surface area contributed by atoms with Crippen molar-refractivity contribution in [2.24, 2.45) is 0 Å². The highest BCUT2D eigenvalue weighted by Crippen LogP contribution is 2.04. The summed E-state index contributed by atoms with van der Waals surface area (Å²) in [6, 6.07) is 0. The molecule has 0 N–H and O–H groups in total. The van der Waals surface area contributed by atoms with E-state index in [2.05, 4.69) is 31.9 Å². The fourth-order valence-electron chi connectivity index (χ4n) is 1.12. The smallest absolute Gasteiger partial charge is 0.0360 e. The Hall–Kier alpha value is -1.24. The third-order valence-electron chi connectivity index (χ3n) is 1.85. The Morgan fingerprint density at radius 3 is 2.15 bits per heavy atom. The monoisotopic (exact) mass is 177 g/mol. The molecule has 0 fully saturated rings. The predicted octanol–water partition coefficient (Wildman–Crippen LogP) is 3.14. The topological polar surface area (TPSA) is 3.24 Å². The van der Waals surface area contributed by atoms with Gasteiger partial charge < -0.3 is 4.90 Å². The van der Waals surface area contributed by atoms with E-state index in [9.17, 15) is 0 Å². The fraction of sp³-hybridized carbons (Fsp3) is 0.333. The van der Waals surface area contributed by atoms with E-state index in [1.807, 2.05) is 24.3 Å². The minimum Gasteiger partial charge on any atom is -0.372 e. The maximum absolute atomic E-state index is 3.79. The van der Waals surface area contributed by atoms with Crippen LogP contribution in [0.2, 0.25) is 0 Å². The summed E-state index contributed by atoms with van der Waals surface area (Å²) in [7, 11) is 0. The van der Waals surface area contributed by atoms with Gasteiger partial charge in [-0.05, 0) is 26.0 Å². The number of likely N-dealkylation sites (N-methyl/N-ethyl adjacent to an activating group) is 1. The molecule has 1 heteroatoms. The van der Waals surface area contributed by atoms with Crippen LogP contribution in [0.1, 0.15) is 13.8 Å². The van der Waals surface area contributed by atoms with Crippen molar-refractivity contribution in [3.63, 3.8) is 0 Å². The average molecular weight is 177 g/mol. The zero-order valence-electron chi connectivity index (χ0n) is 8.66. The minimum atomic E-state index is 1.01. The maximum Gasteiger partial charge on any atom is 0.0360 e. The molecule has 0 aromatic heterocycles. The minimum absolute atomic E-state index is 1.01. The zero-order valence-corrected chi connectivity index (χ0v) is 8.66. The first-order chi connectivity index (χ1) is 6.29. The summed E-state index contributed by atoms with van der Waals surface area (Å²) in [5.74, 6) is 0. The molecule has 0 aliphatic carbocycles. The molecular weight excluding hydrogens is 158 g/mol. The second-order valence-electron chi connectivity index (χ2n) is 2.59. The van der Waals surface area contributed by atoms with E-state index in [4.69, 9.17) is 0 Å². The molecule has 0 unspecified atom stereocenters. The van der Waals surface area contributed by atoms with Crippen LogP contribution in [-0.4, -0.2) is 18.0 Å². The Morgan fingerprint density at radius 1 is 1.15 bits per heavy atom. The lowest BCUT2D eigenvalue weighted by molar-refractivity contribution is 0.395. The molecule has 0 bridgehead atoms. The molecule has 0 saturated carbocycles. The summed E-state index contributed by atoms with van der Waals surface area (Å²) < 4.78 is 0. The third-order valence-corrected chi connectivity index (χ3v) is 1.85. The highest BCUT2D eigenvalue weighted by atomic mass is 15.1. The van der Waals surface area contributed by atoms with Gasteiger partial charge in [0.15, 0.2) is 0 Å². The van der Waals surface area contributed by atoms with Crippen LogP contribution in [0.5, 0.6) is 0 Å². The first-order valence-corrected chi connectivity index (χ1v) is 4.66. The van der Waals surface area contributed by atoms with Crippen LogP contribution in [0.15, 0.2) is 49.2 Å². The lowest BCUT2D eigenvalue weighted by Gasteiger charge is -2.21. The molecule has 0 aliphatic heterocycles. The van der Waals surface area contributed by atoms with Gasteiger partial charge in [0, 0.05) is 18.8 Å². The molecule has 0 aromatic carbocycles. The van der Waals surface area contributed by atoms with Crippen LogP contribution in [-0.2, 0) is 0 Å². The standard InChI is InChI=1S/C12H19N/c1-5-9-10-11-12(6-2)13(7-3)8-4/h5-6,9-11H,1-2,7-8H2,3-4H3/b10-9-,12-11+. The van der Waals surface area contributed by atoms with Crippen LogP contribution in [0, 0.1) is 0 Å². The van der Waals surface area contributed by atoms with Gasteiger partial charge >= 0.3 is 0 Å². The Morgan fingerprint density at radius 2 is 1.77 bits per heavy atom. The maximum atomic E-state index is 3.79. The Balaban J connectivity index is 4.45. The normalized spacial score (nSPS) is 11.7. The second kappa shape index (κ2) is 7.41. The summed E-state index contributed by atoms with van der Waals surface area (Å²) in [5, 5.41) is 0. The van der Waals surface area contributed by atoms with Gasteiger partial charge in [-0.15, -0.1) is 0 Å². The van der Waals surface area contributed by atoms with Crippen LogP contribution in [0.3, 0.4) is 0 Å². The highest BCUT2D eigenvalue weighted by Gasteiger charge is 1.98. The molecule has 0 heterocycles. The van der Waals surface area contributed by atoms with E-state index < -0.39 is 0 Å². The summed E-state index contributed by atoms with van der Waals surface area (Å²) >= 11 is 0. The molecule has 0 radical (unpaired) electrons. The van der Waals surface area contributed by atoms with E-state index in [0.29, 0.717) is 0 Å². The number of allylic oxidation sites excluding steroid dienone is 5. The molecule has 0 rings (SSSR count). The van der Waals surface area contributed by atoms with E-state index in [-0.39, 0.29) is 0 Å². The van der Waals surface area contributed by atoms with Crippen LogP contribution < -0.4 is 0 Å². The van der Waals surface area contributed by atoms with Crippen LogP contribution in [0.25, 0.3) is 0 Å². The van der Waals surface area contributed by atoms with Crippen molar-refractivity contribution in [3.05, 3.63) is 49.2 Å². The van der Waals surface area contributed by atoms with E-state index >= 15 is 0 Å². The summed E-state index contributed by atoms with van der Waals surface area (Å²) in [5.41, 5.74) is 1.16. The number of rotatable bonds is 6. The quantitative estimate of drug-likeness (QED) is 0.563. The van der Waals surface area contributed by atoms with Crippen LogP contribution in [0.4, 0.5) is 0 Å². The molecule has 0 amide bonds. The van der Waals surface area contributed by atoms with E-state index in [1.165, 1.54) is 0 Å². The lowest BCUT2D eigenvalue weighted by Crippen LogP contribution is -2.20.